The minimum atomic E-state index is -3.57. The van der Waals surface area contributed by atoms with Crippen LogP contribution in [0.15, 0.2) is 17.4 Å². The maximum atomic E-state index is 13.5. The number of hydrogen-bond donors (Lipinski definition) is 0. The van der Waals surface area contributed by atoms with E-state index in [0.29, 0.717) is 0 Å². The Morgan fingerprint density at radius 3 is 2.74 bits per heavy atom. The summed E-state index contributed by atoms with van der Waals surface area (Å²) in [6, 6.07) is 1.47. The molecular weight excluding hydrogens is 345 g/mol. The zero-order valence-corrected chi connectivity index (χ0v) is 12.8. The molecular formula is C11H14BrF3N2OS. The highest BCUT2D eigenvalue weighted by atomic mass is 79.9. The fourth-order valence-corrected chi connectivity index (χ4v) is 2.27. The number of nitrogens with zero attached hydrogens (tertiary/aromatic N) is 2. The summed E-state index contributed by atoms with van der Waals surface area (Å²) in [4.78, 5) is 7.50. The molecule has 0 saturated heterocycles. The quantitative estimate of drug-likeness (QED) is 0.418. The van der Waals surface area contributed by atoms with Crippen LogP contribution in [0.25, 0.3) is 0 Å². The van der Waals surface area contributed by atoms with Gasteiger partial charge in [0.15, 0.2) is 11.3 Å². The minimum Gasteiger partial charge on any atom is -0.475 e. The fourth-order valence-electron chi connectivity index (χ4n) is 1.13. The van der Waals surface area contributed by atoms with Crippen LogP contribution in [0.1, 0.15) is 20.3 Å². The van der Waals surface area contributed by atoms with Crippen molar-refractivity contribution in [3.63, 3.8) is 0 Å². The molecule has 0 aliphatic carbocycles. The van der Waals surface area contributed by atoms with Gasteiger partial charge in [0.2, 0.25) is 5.88 Å². The van der Waals surface area contributed by atoms with Gasteiger partial charge in [0, 0.05) is 17.6 Å². The molecule has 1 aromatic rings. The summed E-state index contributed by atoms with van der Waals surface area (Å²) in [5, 5.41) is -3.60. The maximum Gasteiger partial charge on any atom is 0.331 e. The molecule has 1 atom stereocenters. The van der Waals surface area contributed by atoms with Gasteiger partial charge in [-0.3, -0.25) is 0 Å². The molecule has 0 amide bonds. The highest BCUT2D eigenvalue weighted by molar-refractivity contribution is 9.09. The first-order valence-electron chi connectivity index (χ1n) is 5.61. The van der Waals surface area contributed by atoms with Crippen molar-refractivity contribution >= 4 is 27.7 Å². The van der Waals surface area contributed by atoms with E-state index in [1.165, 1.54) is 12.3 Å². The molecule has 0 fully saturated rings. The lowest BCUT2D eigenvalue weighted by Crippen LogP contribution is -2.26. The van der Waals surface area contributed by atoms with Crippen molar-refractivity contribution in [1.82, 2.24) is 9.97 Å². The van der Waals surface area contributed by atoms with Crippen molar-refractivity contribution in [2.45, 2.75) is 43.0 Å². The lowest BCUT2D eigenvalue weighted by molar-refractivity contribution is 0.0136. The standard InChI is InChI=1S/C11H14BrF3N2OS/c1-7(2)18-9-4-6-16-10(17-9)19-11(14,15)8(13)3-5-12/h4,6-8H,3,5H2,1-2H3. The predicted octanol–water partition coefficient (Wildman–Crippen LogP) is 4.07. The third-order valence-electron chi connectivity index (χ3n) is 1.92. The van der Waals surface area contributed by atoms with Crippen molar-refractivity contribution in [1.29, 1.82) is 0 Å². The molecule has 1 aromatic heterocycles. The predicted molar refractivity (Wildman–Crippen MR) is 71.9 cm³/mol. The van der Waals surface area contributed by atoms with E-state index in [1.54, 1.807) is 13.8 Å². The first-order chi connectivity index (χ1) is 8.85. The molecule has 0 radical (unpaired) electrons. The second kappa shape index (κ2) is 7.33. The van der Waals surface area contributed by atoms with E-state index in [4.69, 9.17) is 4.74 Å². The van der Waals surface area contributed by atoms with Gasteiger partial charge < -0.3 is 4.74 Å². The van der Waals surface area contributed by atoms with Crippen molar-refractivity contribution in [2.24, 2.45) is 0 Å². The van der Waals surface area contributed by atoms with E-state index in [-0.39, 0.29) is 40.7 Å². The van der Waals surface area contributed by atoms with Gasteiger partial charge in [-0.1, -0.05) is 15.9 Å². The van der Waals surface area contributed by atoms with Gasteiger partial charge in [-0.25, -0.2) is 9.37 Å². The van der Waals surface area contributed by atoms with Crippen LogP contribution in [0.4, 0.5) is 13.2 Å². The van der Waals surface area contributed by atoms with Crippen LogP contribution in [0, 0.1) is 0 Å². The zero-order valence-electron chi connectivity index (χ0n) is 10.4. The van der Waals surface area contributed by atoms with Gasteiger partial charge in [0.25, 0.3) is 0 Å². The number of rotatable bonds is 7. The zero-order chi connectivity index (χ0) is 14.5. The van der Waals surface area contributed by atoms with Crippen molar-refractivity contribution in [2.75, 3.05) is 5.33 Å². The number of hydrogen-bond acceptors (Lipinski definition) is 4. The maximum absolute atomic E-state index is 13.5. The Hall–Kier alpha value is -0.500. The smallest absolute Gasteiger partial charge is 0.331 e. The van der Waals surface area contributed by atoms with Gasteiger partial charge >= 0.3 is 5.25 Å². The summed E-state index contributed by atoms with van der Waals surface area (Å²) >= 11 is 2.94. The first kappa shape index (κ1) is 16.6. The van der Waals surface area contributed by atoms with Gasteiger partial charge in [-0.15, -0.1) is 0 Å². The number of thioether (sulfide) groups is 1. The normalized spacial score (nSPS) is 13.6. The highest BCUT2D eigenvalue weighted by Crippen LogP contribution is 2.39. The summed E-state index contributed by atoms with van der Waals surface area (Å²) in [6.07, 6.45) is -1.35. The largest absolute Gasteiger partial charge is 0.475 e. The van der Waals surface area contributed by atoms with E-state index in [9.17, 15) is 13.2 Å². The van der Waals surface area contributed by atoms with E-state index in [2.05, 4.69) is 25.9 Å². The van der Waals surface area contributed by atoms with Crippen LogP contribution in [-0.4, -0.2) is 32.8 Å². The summed E-state index contributed by atoms with van der Waals surface area (Å²) in [7, 11) is 0. The van der Waals surface area contributed by atoms with Crippen molar-refractivity contribution in [3.05, 3.63) is 12.3 Å². The number of aromatic nitrogens is 2. The lowest BCUT2D eigenvalue weighted by atomic mass is 10.3. The van der Waals surface area contributed by atoms with Crippen LogP contribution in [0.2, 0.25) is 0 Å². The molecule has 0 bridgehead atoms. The number of halogens is 4. The van der Waals surface area contributed by atoms with Gasteiger partial charge in [0.05, 0.1) is 6.10 Å². The van der Waals surface area contributed by atoms with Gasteiger partial charge in [-0.2, -0.15) is 13.8 Å². The third kappa shape index (κ3) is 5.56. The summed E-state index contributed by atoms with van der Waals surface area (Å²) in [6.45, 7) is 3.58. The highest BCUT2D eigenvalue weighted by Gasteiger charge is 2.41. The monoisotopic (exact) mass is 358 g/mol. The molecule has 8 heteroatoms. The molecule has 1 unspecified atom stereocenters. The average molecular weight is 359 g/mol. The molecule has 0 saturated carbocycles. The summed E-state index contributed by atoms with van der Waals surface area (Å²) in [5.74, 6) is 0.194. The molecule has 0 N–H and O–H groups in total. The molecule has 0 aliphatic rings. The Kier molecular flexibility index (Phi) is 6.38. The van der Waals surface area contributed by atoms with E-state index >= 15 is 0 Å². The Balaban J connectivity index is 2.75. The van der Waals surface area contributed by atoms with E-state index < -0.39 is 11.4 Å². The van der Waals surface area contributed by atoms with E-state index in [0.717, 1.165) is 0 Å². The number of alkyl halides is 4. The first-order valence-corrected chi connectivity index (χ1v) is 7.55. The molecule has 0 aromatic carbocycles. The van der Waals surface area contributed by atoms with Crippen LogP contribution >= 0.6 is 27.7 Å². The third-order valence-corrected chi connectivity index (χ3v) is 3.28. The SMILES string of the molecule is CC(C)Oc1ccnc(SC(F)(F)C(F)CCBr)n1. The molecule has 1 heterocycles. The second-order valence-electron chi connectivity index (χ2n) is 3.95. The number of ether oxygens (including phenoxy) is 1. The van der Waals surface area contributed by atoms with Gasteiger partial charge in [-0.05, 0) is 32.0 Å². The fraction of sp³-hybridized carbons (Fsp3) is 0.636. The minimum absolute atomic E-state index is 0.00380. The molecule has 0 spiro atoms. The van der Waals surface area contributed by atoms with Crippen molar-refractivity contribution < 1.29 is 17.9 Å². The molecule has 0 aliphatic heterocycles. The van der Waals surface area contributed by atoms with Crippen LogP contribution in [-0.2, 0) is 0 Å². The summed E-state index contributed by atoms with van der Waals surface area (Å²) < 4.78 is 45.6. The topological polar surface area (TPSA) is 35.0 Å². The van der Waals surface area contributed by atoms with Crippen LogP contribution in [0.3, 0.4) is 0 Å². The average Bonchev–Trinajstić information content (AvgIpc) is 2.28. The molecule has 3 nitrogen and oxygen atoms in total. The Bertz CT molecular complexity index is 409. The molecule has 108 valence electrons. The van der Waals surface area contributed by atoms with Gasteiger partial charge in [0.1, 0.15) is 0 Å². The second-order valence-corrected chi connectivity index (χ2v) is 5.86. The van der Waals surface area contributed by atoms with Crippen molar-refractivity contribution in [3.8, 4) is 5.88 Å². The Labute approximate surface area is 122 Å². The Morgan fingerprint density at radius 2 is 2.16 bits per heavy atom. The van der Waals surface area contributed by atoms with E-state index in [1.807, 2.05) is 0 Å². The molecule has 1 rings (SSSR count). The lowest BCUT2D eigenvalue weighted by Gasteiger charge is -2.18. The van der Waals surface area contributed by atoms with Crippen LogP contribution < -0.4 is 4.74 Å². The summed E-state index contributed by atoms with van der Waals surface area (Å²) in [5.41, 5.74) is 0. The Morgan fingerprint density at radius 1 is 1.47 bits per heavy atom. The molecule has 19 heavy (non-hydrogen) atoms. The van der Waals surface area contributed by atoms with Crippen LogP contribution in [0.5, 0.6) is 5.88 Å².